The van der Waals surface area contributed by atoms with E-state index in [9.17, 15) is 4.79 Å². The molecule has 1 saturated carbocycles. The van der Waals surface area contributed by atoms with E-state index in [0.29, 0.717) is 5.69 Å². The smallest absolute Gasteiger partial charge is 0.227 e. The molecule has 3 rings (SSSR count). The zero-order valence-electron chi connectivity index (χ0n) is 12.1. The van der Waals surface area contributed by atoms with E-state index in [1.807, 2.05) is 19.0 Å². The first-order valence-corrected chi connectivity index (χ1v) is 7.25. The van der Waals surface area contributed by atoms with Gasteiger partial charge >= 0.3 is 0 Å². The van der Waals surface area contributed by atoms with Gasteiger partial charge < -0.3 is 15.1 Å². The molecule has 0 spiro atoms. The molecule has 1 aromatic heterocycles. The van der Waals surface area contributed by atoms with Crippen LogP contribution in [0.25, 0.3) is 0 Å². The van der Waals surface area contributed by atoms with Crippen LogP contribution in [0.3, 0.4) is 0 Å². The molecule has 1 aliphatic heterocycles. The highest BCUT2D eigenvalue weighted by molar-refractivity contribution is 5.96. The summed E-state index contributed by atoms with van der Waals surface area (Å²) in [6, 6.07) is 0. The maximum absolute atomic E-state index is 11.9. The van der Waals surface area contributed by atoms with Crippen LogP contribution in [0.15, 0.2) is 6.20 Å². The van der Waals surface area contributed by atoms with Crippen molar-refractivity contribution in [2.75, 3.05) is 42.3 Å². The number of aromatic nitrogens is 2. The Hall–Kier alpha value is -1.85. The van der Waals surface area contributed by atoms with Gasteiger partial charge in [-0.2, -0.15) is 4.98 Å². The van der Waals surface area contributed by atoms with Crippen LogP contribution in [0.5, 0.6) is 0 Å². The van der Waals surface area contributed by atoms with Gasteiger partial charge in [0.05, 0.1) is 6.20 Å². The molecule has 6 nitrogen and oxygen atoms in total. The standard InChI is InChI=1S/C14H21N5O/c1-18(2)12-11(16-13(20)10-5-6-10)9-15-14(17-12)19-7-3-4-8-19/h9-10H,3-8H2,1-2H3,(H,16,20). The lowest BCUT2D eigenvalue weighted by Crippen LogP contribution is -2.24. The van der Waals surface area contributed by atoms with Crippen molar-refractivity contribution in [1.29, 1.82) is 0 Å². The van der Waals surface area contributed by atoms with Crippen molar-refractivity contribution in [1.82, 2.24) is 9.97 Å². The zero-order valence-corrected chi connectivity index (χ0v) is 12.1. The Bertz CT molecular complexity index is 506. The van der Waals surface area contributed by atoms with E-state index in [2.05, 4.69) is 20.2 Å². The zero-order chi connectivity index (χ0) is 14.1. The first kappa shape index (κ1) is 13.1. The van der Waals surface area contributed by atoms with Crippen LogP contribution < -0.4 is 15.1 Å². The van der Waals surface area contributed by atoms with E-state index in [4.69, 9.17) is 0 Å². The van der Waals surface area contributed by atoms with Crippen molar-refractivity contribution in [3.63, 3.8) is 0 Å². The minimum absolute atomic E-state index is 0.0885. The average Bonchev–Trinajstić information content (AvgIpc) is 3.15. The lowest BCUT2D eigenvalue weighted by atomic mass is 10.3. The molecule has 0 atom stereocenters. The summed E-state index contributed by atoms with van der Waals surface area (Å²) in [4.78, 5) is 25.0. The van der Waals surface area contributed by atoms with Crippen LogP contribution in [0.2, 0.25) is 0 Å². The first-order valence-electron chi connectivity index (χ1n) is 7.25. The van der Waals surface area contributed by atoms with Gasteiger partial charge in [-0.25, -0.2) is 4.98 Å². The molecule has 2 heterocycles. The molecule has 1 amide bonds. The second-order valence-corrected chi connectivity index (χ2v) is 5.76. The fourth-order valence-corrected chi connectivity index (χ4v) is 2.44. The summed E-state index contributed by atoms with van der Waals surface area (Å²) in [5, 5.41) is 2.95. The lowest BCUT2D eigenvalue weighted by molar-refractivity contribution is -0.117. The third-order valence-corrected chi connectivity index (χ3v) is 3.77. The summed E-state index contributed by atoms with van der Waals surface area (Å²) in [7, 11) is 3.87. The third kappa shape index (κ3) is 2.69. The van der Waals surface area contributed by atoms with Gasteiger partial charge in [0.25, 0.3) is 0 Å². The number of anilines is 3. The maximum atomic E-state index is 11.9. The van der Waals surface area contributed by atoms with Crippen LogP contribution in [-0.4, -0.2) is 43.1 Å². The molecule has 108 valence electrons. The number of rotatable bonds is 4. The molecule has 0 bridgehead atoms. The lowest BCUT2D eigenvalue weighted by Gasteiger charge is -2.21. The molecule has 0 radical (unpaired) electrons. The van der Waals surface area contributed by atoms with Crippen molar-refractivity contribution >= 4 is 23.4 Å². The van der Waals surface area contributed by atoms with Crippen molar-refractivity contribution in [2.24, 2.45) is 5.92 Å². The van der Waals surface area contributed by atoms with E-state index in [1.165, 1.54) is 12.8 Å². The van der Waals surface area contributed by atoms with Gasteiger partial charge in [-0.1, -0.05) is 0 Å². The molecule has 20 heavy (non-hydrogen) atoms. The first-order chi connectivity index (χ1) is 9.65. The van der Waals surface area contributed by atoms with E-state index in [-0.39, 0.29) is 11.8 Å². The largest absolute Gasteiger partial charge is 0.361 e. The van der Waals surface area contributed by atoms with Gasteiger partial charge in [0.2, 0.25) is 11.9 Å². The number of carbonyl (C=O) groups excluding carboxylic acids is 1. The summed E-state index contributed by atoms with van der Waals surface area (Å²) < 4.78 is 0. The van der Waals surface area contributed by atoms with E-state index >= 15 is 0 Å². The summed E-state index contributed by atoms with van der Waals surface area (Å²) in [6.07, 6.45) is 6.11. The van der Waals surface area contributed by atoms with Crippen LogP contribution >= 0.6 is 0 Å². The van der Waals surface area contributed by atoms with Gasteiger partial charge in [0.15, 0.2) is 5.82 Å². The van der Waals surface area contributed by atoms with Crippen molar-refractivity contribution in [2.45, 2.75) is 25.7 Å². The number of hydrogen-bond acceptors (Lipinski definition) is 5. The minimum Gasteiger partial charge on any atom is -0.361 e. The Kier molecular flexibility index (Phi) is 3.46. The molecule has 2 aliphatic rings. The Morgan fingerprint density at radius 2 is 2.05 bits per heavy atom. The highest BCUT2D eigenvalue weighted by atomic mass is 16.2. The predicted octanol–water partition coefficient (Wildman–Crippen LogP) is 1.49. The van der Waals surface area contributed by atoms with Crippen molar-refractivity contribution in [3.05, 3.63) is 6.20 Å². The summed E-state index contributed by atoms with van der Waals surface area (Å²) >= 11 is 0. The summed E-state index contributed by atoms with van der Waals surface area (Å²) in [5.74, 6) is 1.81. The number of hydrogen-bond donors (Lipinski definition) is 1. The average molecular weight is 275 g/mol. The summed E-state index contributed by atoms with van der Waals surface area (Å²) in [5.41, 5.74) is 0.704. The molecule has 0 aromatic carbocycles. The Morgan fingerprint density at radius 1 is 1.35 bits per heavy atom. The van der Waals surface area contributed by atoms with Gasteiger partial charge in [0, 0.05) is 33.1 Å². The normalized spacial score (nSPS) is 18.2. The Labute approximate surface area is 119 Å². The molecule has 2 fully saturated rings. The second kappa shape index (κ2) is 5.26. The van der Waals surface area contributed by atoms with E-state index < -0.39 is 0 Å². The fourth-order valence-electron chi connectivity index (χ4n) is 2.44. The molecule has 1 aliphatic carbocycles. The van der Waals surface area contributed by atoms with Gasteiger partial charge in [-0.3, -0.25) is 4.79 Å². The highest BCUT2D eigenvalue weighted by Crippen LogP contribution is 2.32. The van der Waals surface area contributed by atoms with Crippen molar-refractivity contribution in [3.8, 4) is 0 Å². The van der Waals surface area contributed by atoms with Crippen molar-refractivity contribution < 1.29 is 4.79 Å². The predicted molar refractivity (Wildman–Crippen MR) is 79.2 cm³/mol. The van der Waals surface area contributed by atoms with Gasteiger partial charge in [-0.05, 0) is 25.7 Å². The van der Waals surface area contributed by atoms with Crippen LogP contribution in [0.4, 0.5) is 17.5 Å². The molecule has 6 heteroatoms. The third-order valence-electron chi connectivity index (χ3n) is 3.77. The molecule has 1 saturated heterocycles. The quantitative estimate of drug-likeness (QED) is 0.902. The second-order valence-electron chi connectivity index (χ2n) is 5.76. The molecular weight excluding hydrogens is 254 g/mol. The Morgan fingerprint density at radius 3 is 2.65 bits per heavy atom. The van der Waals surface area contributed by atoms with Crippen LogP contribution in [0, 0.1) is 5.92 Å². The van der Waals surface area contributed by atoms with Crippen LogP contribution in [-0.2, 0) is 4.79 Å². The van der Waals surface area contributed by atoms with Crippen LogP contribution in [0.1, 0.15) is 25.7 Å². The number of nitrogens with one attached hydrogen (secondary N) is 1. The number of nitrogens with zero attached hydrogens (tertiary/aromatic N) is 4. The van der Waals surface area contributed by atoms with E-state index in [0.717, 1.165) is 37.7 Å². The minimum atomic E-state index is 0.0885. The van der Waals surface area contributed by atoms with E-state index in [1.54, 1.807) is 6.20 Å². The summed E-state index contributed by atoms with van der Waals surface area (Å²) in [6.45, 7) is 2.03. The number of amides is 1. The SMILES string of the molecule is CN(C)c1nc(N2CCCC2)ncc1NC(=O)C1CC1. The highest BCUT2D eigenvalue weighted by Gasteiger charge is 2.30. The topological polar surface area (TPSA) is 61.4 Å². The molecule has 0 unspecified atom stereocenters. The number of carbonyl (C=O) groups is 1. The maximum Gasteiger partial charge on any atom is 0.227 e. The molecular formula is C14H21N5O. The molecule has 1 aromatic rings. The van der Waals surface area contributed by atoms with Gasteiger partial charge in [0.1, 0.15) is 5.69 Å². The monoisotopic (exact) mass is 275 g/mol. The van der Waals surface area contributed by atoms with Gasteiger partial charge in [-0.15, -0.1) is 0 Å². The fraction of sp³-hybridized carbons (Fsp3) is 0.643. The Balaban J connectivity index is 1.83. The molecule has 1 N–H and O–H groups in total.